The van der Waals surface area contributed by atoms with E-state index in [-0.39, 0.29) is 32.2 Å². The summed E-state index contributed by atoms with van der Waals surface area (Å²) in [5.41, 5.74) is 0. The molecule has 0 aliphatic carbocycles. The van der Waals surface area contributed by atoms with Crippen LogP contribution in [0.3, 0.4) is 0 Å². The van der Waals surface area contributed by atoms with Gasteiger partial charge in [0.15, 0.2) is 12.4 Å². The number of carbonyl (C=O) groups is 3. The van der Waals surface area contributed by atoms with Crippen molar-refractivity contribution in [3.05, 3.63) is 24.3 Å². The molecule has 0 fully saturated rings. The number of esters is 2. The zero-order valence-corrected chi connectivity index (χ0v) is 44.8. The molecule has 0 aromatic carbocycles. The first-order chi connectivity index (χ1) is 32.6. The number of carboxylic acids is 1. The third kappa shape index (κ3) is 51.4. The minimum absolute atomic E-state index is 0.150. The zero-order chi connectivity index (χ0) is 49.2. The highest BCUT2D eigenvalue weighted by molar-refractivity contribution is 5.70. The molecule has 67 heavy (non-hydrogen) atoms. The molecule has 0 bridgehead atoms. The molecule has 2 unspecified atom stereocenters. The van der Waals surface area contributed by atoms with Gasteiger partial charge in [-0.2, -0.15) is 0 Å². The second-order valence-electron chi connectivity index (χ2n) is 20.6. The Morgan fingerprint density at radius 2 is 0.806 bits per heavy atom. The van der Waals surface area contributed by atoms with Crippen LogP contribution in [0.25, 0.3) is 0 Å². The number of carbonyl (C=O) groups excluding carboxylic acids is 3. The van der Waals surface area contributed by atoms with Gasteiger partial charge in [0.05, 0.1) is 40.3 Å². The normalized spacial score (nSPS) is 12.9. The van der Waals surface area contributed by atoms with Gasteiger partial charge in [-0.15, -0.1) is 0 Å². The Morgan fingerprint density at radius 3 is 1.18 bits per heavy atom. The van der Waals surface area contributed by atoms with Crippen molar-refractivity contribution in [2.75, 3.05) is 47.5 Å². The summed E-state index contributed by atoms with van der Waals surface area (Å²) < 4.78 is 22.7. The van der Waals surface area contributed by atoms with Crippen LogP contribution in [-0.4, -0.2) is 82.3 Å². The van der Waals surface area contributed by atoms with E-state index in [0.717, 1.165) is 38.5 Å². The minimum atomic E-state index is -1.62. The van der Waals surface area contributed by atoms with Gasteiger partial charge in [-0.3, -0.25) is 9.59 Å². The predicted molar refractivity (Wildman–Crippen MR) is 279 cm³/mol. The van der Waals surface area contributed by atoms with Gasteiger partial charge >= 0.3 is 11.9 Å². The van der Waals surface area contributed by atoms with Gasteiger partial charge in [-0.05, 0) is 44.9 Å². The number of quaternary nitrogens is 1. The summed E-state index contributed by atoms with van der Waals surface area (Å²) in [7, 11) is 5.93. The topological polar surface area (TPSA) is 111 Å². The fourth-order valence-corrected chi connectivity index (χ4v) is 8.27. The smallest absolute Gasteiger partial charge is 0.306 e. The van der Waals surface area contributed by atoms with Crippen LogP contribution in [0.2, 0.25) is 0 Å². The summed E-state index contributed by atoms with van der Waals surface area (Å²) in [6, 6.07) is 0. The number of nitrogens with zero attached hydrogens (tertiary/aromatic N) is 1. The van der Waals surface area contributed by atoms with E-state index in [0.29, 0.717) is 23.9 Å². The molecule has 9 heteroatoms. The molecule has 0 rings (SSSR count). The summed E-state index contributed by atoms with van der Waals surface area (Å²) in [4.78, 5) is 37.2. The van der Waals surface area contributed by atoms with Crippen LogP contribution in [0.5, 0.6) is 0 Å². The van der Waals surface area contributed by atoms with Gasteiger partial charge in [0.2, 0.25) is 0 Å². The summed E-state index contributed by atoms with van der Waals surface area (Å²) >= 11 is 0. The molecule has 0 saturated heterocycles. The van der Waals surface area contributed by atoms with Crippen molar-refractivity contribution in [1.82, 2.24) is 0 Å². The summed E-state index contributed by atoms with van der Waals surface area (Å²) in [6.07, 6.45) is 55.0. The van der Waals surface area contributed by atoms with Gasteiger partial charge in [0, 0.05) is 12.8 Å². The summed E-state index contributed by atoms with van der Waals surface area (Å²) in [5.74, 6) is -2.26. The third-order valence-electron chi connectivity index (χ3n) is 12.7. The Bertz CT molecular complexity index is 1150. The van der Waals surface area contributed by atoms with Crippen molar-refractivity contribution >= 4 is 17.9 Å². The molecule has 0 amide bonds. The van der Waals surface area contributed by atoms with E-state index in [1.165, 1.54) is 199 Å². The van der Waals surface area contributed by atoms with Crippen molar-refractivity contribution in [2.24, 2.45) is 0 Å². The molecule has 0 radical (unpaired) electrons. The molecular weight excluding hydrogens is 839 g/mol. The third-order valence-corrected chi connectivity index (χ3v) is 12.7. The molecule has 9 nitrogen and oxygen atoms in total. The van der Waals surface area contributed by atoms with Crippen LogP contribution in [0.1, 0.15) is 271 Å². The van der Waals surface area contributed by atoms with Crippen molar-refractivity contribution in [3.63, 3.8) is 0 Å². The van der Waals surface area contributed by atoms with Crippen LogP contribution in [-0.2, 0) is 33.3 Å². The number of carboxylic acid groups (broad SMARTS) is 1. The van der Waals surface area contributed by atoms with E-state index < -0.39 is 24.3 Å². The number of unbranched alkanes of at least 4 members (excludes halogenated alkanes) is 34. The van der Waals surface area contributed by atoms with Crippen molar-refractivity contribution in [1.29, 1.82) is 0 Å². The van der Waals surface area contributed by atoms with Crippen LogP contribution >= 0.6 is 0 Å². The molecule has 2 atom stereocenters. The second kappa shape index (κ2) is 50.2. The van der Waals surface area contributed by atoms with Crippen LogP contribution in [0, 0.1) is 0 Å². The lowest BCUT2D eigenvalue weighted by Gasteiger charge is -2.26. The van der Waals surface area contributed by atoms with Gasteiger partial charge in [-0.25, -0.2) is 0 Å². The average molecular weight is 949 g/mol. The van der Waals surface area contributed by atoms with Crippen molar-refractivity contribution < 1.29 is 42.9 Å². The lowest BCUT2D eigenvalue weighted by atomic mass is 10.0. The van der Waals surface area contributed by atoms with Crippen molar-refractivity contribution in [2.45, 2.75) is 283 Å². The Hall–Kier alpha value is -2.23. The number of aliphatic carboxylic acids is 1. The average Bonchev–Trinajstić information content (AvgIpc) is 3.29. The number of ether oxygens (including phenoxy) is 4. The second-order valence-corrected chi connectivity index (χ2v) is 20.6. The Labute approximate surface area is 414 Å². The monoisotopic (exact) mass is 948 g/mol. The van der Waals surface area contributed by atoms with Gasteiger partial charge in [-0.1, -0.05) is 237 Å². The van der Waals surface area contributed by atoms with E-state index in [9.17, 15) is 19.5 Å². The maximum absolute atomic E-state index is 12.8. The zero-order valence-electron chi connectivity index (χ0n) is 44.8. The van der Waals surface area contributed by atoms with E-state index in [4.69, 9.17) is 18.9 Å². The molecule has 0 spiro atoms. The SMILES string of the molecule is CCCCCCC/C=C\C/C=C\CCCCCCCCCCCCCCCC(=O)OC(COC(=O)CCCCCCCCCCCCCCCCCCC)COC(OCC[N+](C)(C)C)C(=O)[O-]. The van der Waals surface area contributed by atoms with E-state index in [1.54, 1.807) is 0 Å². The Balaban J connectivity index is 4.22. The minimum Gasteiger partial charge on any atom is -0.545 e. The van der Waals surface area contributed by atoms with Gasteiger partial charge < -0.3 is 33.3 Å². The molecular formula is C58H109NO8. The fourth-order valence-electron chi connectivity index (χ4n) is 8.27. The largest absolute Gasteiger partial charge is 0.545 e. The Kier molecular flexibility index (Phi) is 48.5. The van der Waals surface area contributed by atoms with E-state index in [1.807, 2.05) is 21.1 Å². The fraction of sp³-hybridized carbons (Fsp3) is 0.879. The molecule has 0 N–H and O–H groups in total. The molecule has 0 heterocycles. The molecule has 0 aliphatic heterocycles. The van der Waals surface area contributed by atoms with Gasteiger partial charge in [0.25, 0.3) is 0 Å². The Morgan fingerprint density at radius 1 is 0.448 bits per heavy atom. The maximum Gasteiger partial charge on any atom is 0.306 e. The highest BCUT2D eigenvalue weighted by Crippen LogP contribution is 2.17. The first-order valence-corrected chi connectivity index (χ1v) is 28.5. The first-order valence-electron chi connectivity index (χ1n) is 28.5. The maximum atomic E-state index is 12.8. The summed E-state index contributed by atoms with van der Waals surface area (Å²) in [5, 5.41) is 11.8. The lowest BCUT2D eigenvalue weighted by molar-refractivity contribution is -0.870. The van der Waals surface area contributed by atoms with Crippen LogP contribution in [0.4, 0.5) is 0 Å². The number of rotatable bonds is 53. The number of likely N-dealkylation sites (N-methyl/N-ethyl adjacent to an activating group) is 1. The van der Waals surface area contributed by atoms with Crippen LogP contribution < -0.4 is 5.11 Å². The van der Waals surface area contributed by atoms with Gasteiger partial charge in [0.1, 0.15) is 13.2 Å². The highest BCUT2D eigenvalue weighted by atomic mass is 16.7. The van der Waals surface area contributed by atoms with Crippen molar-refractivity contribution in [3.8, 4) is 0 Å². The quantitative estimate of drug-likeness (QED) is 0.0195. The molecule has 394 valence electrons. The van der Waals surface area contributed by atoms with E-state index >= 15 is 0 Å². The number of allylic oxidation sites excluding steroid dienone is 4. The molecule has 0 aromatic rings. The number of hydrogen-bond donors (Lipinski definition) is 0. The molecule has 0 aliphatic rings. The number of hydrogen-bond acceptors (Lipinski definition) is 8. The molecule has 0 saturated carbocycles. The first kappa shape index (κ1) is 64.8. The standard InChI is InChI=1S/C58H109NO8/c1-6-8-10-12-14-16-18-20-22-24-25-26-27-28-29-30-31-33-35-37-39-41-43-45-47-49-56(61)67-54(53-66-58(57(62)63)64-51-50-59(3,4)5)52-65-55(60)48-46-44-42-40-38-36-34-32-23-21-19-17-15-13-11-9-7-2/h18,20,24-25,54,58H,6-17,19,21-23,26-53H2,1-5H3/b20-18-,25-24-. The summed E-state index contributed by atoms with van der Waals surface area (Å²) in [6.45, 7) is 4.78. The lowest BCUT2D eigenvalue weighted by Crippen LogP contribution is -2.44. The predicted octanol–water partition coefficient (Wildman–Crippen LogP) is 15.0. The van der Waals surface area contributed by atoms with E-state index in [2.05, 4.69) is 38.2 Å². The highest BCUT2D eigenvalue weighted by Gasteiger charge is 2.22. The van der Waals surface area contributed by atoms with Crippen LogP contribution in [0.15, 0.2) is 24.3 Å². The molecule has 0 aromatic heterocycles.